The van der Waals surface area contributed by atoms with E-state index in [1.54, 1.807) is 19.1 Å². The Hall–Kier alpha value is -4.02. The van der Waals surface area contributed by atoms with Crippen molar-refractivity contribution in [3.8, 4) is 17.0 Å². The monoisotopic (exact) mass is 565 g/mol. The fourth-order valence-electron chi connectivity index (χ4n) is 4.94. The van der Waals surface area contributed by atoms with Crippen LogP contribution in [0.25, 0.3) is 22.2 Å². The number of nitrogens with one attached hydrogen (secondary N) is 1. The third kappa shape index (κ3) is 5.49. The minimum Gasteiger partial charge on any atom is -0.494 e. The molecule has 1 amide bonds. The zero-order chi connectivity index (χ0) is 29.7. The average molecular weight is 566 g/mol. The molecule has 5 rings (SSSR count). The number of methoxy groups -OCH3 is 1. The third-order valence-corrected chi connectivity index (χ3v) is 7.44. The van der Waals surface area contributed by atoms with Gasteiger partial charge in [0.05, 0.1) is 24.9 Å². The lowest BCUT2D eigenvalue weighted by molar-refractivity contribution is 0.00864. The van der Waals surface area contributed by atoms with Crippen molar-refractivity contribution in [2.24, 2.45) is 5.92 Å². The number of aromatic nitrogens is 2. The molecule has 7 nitrogen and oxygen atoms in total. The zero-order valence-electron chi connectivity index (χ0n) is 23.1. The number of fused-ring (bicyclic) bond motifs is 1. The van der Waals surface area contributed by atoms with E-state index in [0.29, 0.717) is 23.8 Å². The van der Waals surface area contributed by atoms with Gasteiger partial charge >= 0.3 is 0 Å². The Morgan fingerprint density at radius 1 is 1.05 bits per heavy atom. The zero-order valence-corrected chi connectivity index (χ0v) is 23.1. The van der Waals surface area contributed by atoms with Crippen molar-refractivity contribution < 1.29 is 32.9 Å². The number of ether oxygens (including phenoxy) is 1. The second kappa shape index (κ2) is 10.4. The second-order valence-corrected chi connectivity index (χ2v) is 11.0. The lowest BCUT2D eigenvalue weighted by Crippen LogP contribution is -2.43. The SMILES string of the molecule is COc1cc(C(=O)NCC(O)(c2cc(C(C)(C)O)c(F)c(-c3ccc(F)cc3)n2)C2CC2)cc2cc(C)c(F)nc12. The summed E-state index contributed by atoms with van der Waals surface area (Å²) in [5, 5.41) is 25.9. The van der Waals surface area contributed by atoms with E-state index in [4.69, 9.17) is 4.74 Å². The highest BCUT2D eigenvalue weighted by Crippen LogP contribution is 2.46. The summed E-state index contributed by atoms with van der Waals surface area (Å²) < 4.78 is 48.6. The summed E-state index contributed by atoms with van der Waals surface area (Å²) in [7, 11) is 1.39. The van der Waals surface area contributed by atoms with Gasteiger partial charge in [0.25, 0.3) is 5.91 Å². The Morgan fingerprint density at radius 3 is 2.34 bits per heavy atom. The molecule has 1 fully saturated rings. The van der Waals surface area contributed by atoms with Gasteiger partial charge in [-0.3, -0.25) is 4.79 Å². The Balaban J connectivity index is 1.52. The summed E-state index contributed by atoms with van der Waals surface area (Å²) in [5.41, 5.74) is -2.45. The molecule has 4 aromatic rings. The summed E-state index contributed by atoms with van der Waals surface area (Å²) >= 11 is 0. The second-order valence-electron chi connectivity index (χ2n) is 11.0. The van der Waals surface area contributed by atoms with Crippen LogP contribution in [-0.4, -0.2) is 39.7 Å². The number of halogens is 3. The van der Waals surface area contributed by atoms with Gasteiger partial charge in [-0.1, -0.05) is 0 Å². The quantitative estimate of drug-likeness (QED) is 0.251. The van der Waals surface area contributed by atoms with Gasteiger partial charge in [0, 0.05) is 27.6 Å². The van der Waals surface area contributed by atoms with Crippen molar-refractivity contribution in [3.05, 3.63) is 88.5 Å². The summed E-state index contributed by atoms with van der Waals surface area (Å²) in [4.78, 5) is 21.7. The van der Waals surface area contributed by atoms with Crippen LogP contribution in [0.4, 0.5) is 13.2 Å². The van der Waals surface area contributed by atoms with Crippen LogP contribution in [0.1, 0.15) is 53.9 Å². The molecular formula is C31H30F3N3O4. The molecule has 3 N–H and O–H groups in total. The van der Waals surface area contributed by atoms with Crippen molar-refractivity contribution in [2.45, 2.75) is 44.8 Å². The Kier molecular flexibility index (Phi) is 7.25. The van der Waals surface area contributed by atoms with E-state index in [1.165, 1.54) is 57.4 Å². The van der Waals surface area contributed by atoms with Crippen LogP contribution in [0, 0.1) is 30.4 Å². The lowest BCUT2D eigenvalue weighted by atomic mass is 9.87. The van der Waals surface area contributed by atoms with E-state index in [1.807, 2.05) is 0 Å². The maximum atomic E-state index is 15.6. The molecule has 2 aromatic carbocycles. The van der Waals surface area contributed by atoms with Gasteiger partial charge in [-0.15, -0.1) is 0 Å². The molecule has 1 aliphatic carbocycles. The first kappa shape index (κ1) is 28.5. The van der Waals surface area contributed by atoms with Gasteiger partial charge in [0.1, 0.15) is 28.4 Å². The third-order valence-electron chi connectivity index (χ3n) is 7.44. The van der Waals surface area contributed by atoms with Gasteiger partial charge in [-0.2, -0.15) is 4.39 Å². The van der Waals surface area contributed by atoms with Crippen molar-refractivity contribution in [1.82, 2.24) is 15.3 Å². The van der Waals surface area contributed by atoms with E-state index >= 15 is 4.39 Å². The Morgan fingerprint density at radius 2 is 1.73 bits per heavy atom. The smallest absolute Gasteiger partial charge is 0.251 e. The molecule has 0 radical (unpaired) electrons. The number of aliphatic hydroxyl groups is 2. The average Bonchev–Trinajstić information content (AvgIpc) is 3.78. The van der Waals surface area contributed by atoms with E-state index < -0.39 is 34.7 Å². The van der Waals surface area contributed by atoms with Gasteiger partial charge in [0.15, 0.2) is 5.82 Å². The van der Waals surface area contributed by atoms with E-state index in [9.17, 15) is 23.8 Å². The fourth-order valence-corrected chi connectivity index (χ4v) is 4.94. The number of carbonyl (C=O) groups excluding carboxylic acids is 1. The number of hydrogen-bond donors (Lipinski definition) is 3. The topological polar surface area (TPSA) is 105 Å². The maximum Gasteiger partial charge on any atom is 0.251 e. The van der Waals surface area contributed by atoms with Crippen LogP contribution in [-0.2, 0) is 11.2 Å². The highest BCUT2D eigenvalue weighted by molar-refractivity contribution is 6.00. The molecule has 41 heavy (non-hydrogen) atoms. The summed E-state index contributed by atoms with van der Waals surface area (Å²) in [6, 6.07) is 10.9. The Bertz CT molecular complexity index is 1650. The molecule has 0 saturated heterocycles. The molecular weight excluding hydrogens is 535 g/mol. The Labute approximate surface area is 235 Å². The van der Waals surface area contributed by atoms with Crippen LogP contribution in [0.5, 0.6) is 5.75 Å². The highest BCUT2D eigenvalue weighted by Gasteiger charge is 2.47. The first-order chi connectivity index (χ1) is 19.3. The van der Waals surface area contributed by atoms with Crippen molar-refractivity contribution in [1.29, 1.82) is 0 Å². The minimum absolute atomic E-state index is 0.0737. The van der Waals surface area contributed by atoms with Crippen molar-refractivity contribution in [3.63, 3.8) is 0 Å². The van der Waals surface area contributed by atoms with Gasteiger partial charge in [-0.25, -0.2) is 18.7 Å². The van der Waals surface area contributed by atoms with Gasteiger partial charge in [0.2, 0.25) is 5.95 Å². The standard InChI is InChI=1S/C31H30F3N3O4/c1-16-11-18-12-19(13-23(41-4)26(18)37-28(16)34)29(38)35-15-31(40,20-7-8-20)24-14-22(30(2,3)39)25(33)27(36-24)17-5-9-21(32)10-6-17/h5-6,9-14,20,39-40H,7-8,15H2,1-4H3,(H,35,38). The first-order valence-corrected chi connectivity index (χ1v) is 13.2. The van der Waals surface area contributed by atoms with E-state index in [0.717, 1.165) is 0 Å². The number of rotatable bonds is 8. The van der Waals surface area contributed by atoms with E-state index in [-0.39, 0.29) is 51.8 Å². The molecule has 0 spiro atoms. The van der Waals surface area contributed by atoms with Crippen LogP contribution in [0.3, 0.4) is 0 Å². The molecule has 0 aliphatic heterocycles. The number of pyridine rings is 2. The predicted octanol–water partition coefficient (Wildman–Crippen LogP) is 5.29. The molecule has 2 heterocycles. The number of hydrogen-bond acceptors (Lipinski definition) is 6. The maximum absolute atomic E-state index is 15.6. The number of carbonyl (C=O) groups is 1. The number of amides is 1. The number of nitrogens with zero attached hydrogens (tertiary/aromatic N) is 2. The molecule has 214 valence electrons. The normalized spacial score (nSPS) is 15.0. The lowest BCUT2D eigenvalue weighted by Gasteiger charge is -2.31. The molecule has 1 unspecified atom stereocenters. The number of aryl methyl sites for hydroxylation is 1. The first-order valence-electron chi connectivity index (χ1n) is 13.2. The largest absolute Gasteiger partial charge is 0.494 e. The van der Waals surface area contributed by atoms with Crippen molar-refractivity contribution >= 4 is 16.8 Å². The van der Waals surface area contributed by atoms with Crippen LogP contribution < -0.4 is 10.1 Å². The fraction of sp³-hybridized carbons (Fsp3) is 0.323. The molecule has 1 saturated carbocycles. The van der Waals surface area contributed by atoms with Crippen molar-refractivity contribution in [2.75, 3.05) is 13.7 Å². The summed E-state index contributed by atoms with van der Waals surface area (Å²) in [6.45, 7) is 4.13. The van der Waals surface area contributed by atoms with Gasteiger partial charge in [-0.05, 0) is 88.1 Å². The molecule has 2 aromatic heterocycles. The summed E-state index contributed by atoms with van der Waals surface area (Å²) in [6.07, 6.45) is 1.30. The van der Waals surface area contributed by atoms with Crippen LogP contribution in [0.2, 0.25) is 0 Å². The molecule has 10 heteroatoms. The highest BCUT2D eigenvalue weighted by atomic mass is 19.1. The van der Waals surface area contributed by atoms with Crippen LogP contribution in [0.15, 0.2) is 48.5 Å². The van der Waals surface area contributed by atoms with Crippen LogP contribution >= 0.6 is 0 Å². The van der Waals surface area contributed by atoms with Gasteiger partial charge < -0.3 is 20.3 Å². The number of benzene rings is 2. The molecule has 0 bridgehead atoms. The molecule has 1 atom stereocenters. The molecule has 1 aliphatic rings. The summed E-state index contributed by atoms with van der Waals surface area (Å²) in [5.74, 6) is -2.54. The predicted molar refractivity (Wildman–Crippen MR) is 147 cm³/mol. The minimum atomic E-state index is -1.69. The van der Waals surface area contributed by atoms with E-state index in [2.05, 4.69) is 15.3 Å².